The molecule has 0 saturated heterocycles. The summed E-state index contributed by atoms with van der Waals surface area (Å²) in [4.78, 5) is 12.3. The highest BCUT2D eigenvalue weighted by Gasteiger charge is 2.44. The maximum absolute atomic E-state index is 13.8. The van der Waals surface area contributed by atoms with Crippen molar-refractivity contribution in [3.8, 4) is 11.3 Å². The number of nitrogens with zero attached hydrogens (tertiary/aromatic N) is 1. The second-order valence-electron chi connectivity index (χ2n) is 5.75. The number of aromatic nitrogens is 1. The lowest BCUT2D eigenvalue weighted by Crippen LogP contribution is -2.42. The van der Waals surface area contributed by atoms with Crippen molar-refractivity contribution in [2.75, 3.05) is 0 Å². The van der Waals surface area contributed by atoms with E-state index in [9.17, 15) is 14.3 Å². The van der Waals surface area contributed by atoms with Crippen LogP contribution in [0.4, 0.5) is 4.39 Å². The number of benzene rings is 1. The molecule has 1 heterocycles. The topological polar surface area (TPSA) is 63.3 Å². The Morgan fingerprint density at radius 1 is 1.40 bits per heavy atom. The number of carbonyl (C=O) groups is 1. The van der Waals surface area contributed by atoms with Gasteiger partial charge in [-0.3, -0.25) is 4.79 Å². The number of rotatable bonds is 1. The van der Waals surface area contributed by atoms with Crippen LogP contribution in [-0.2, 0) is 6.42 Å². The van der Waals surface area contributed by atoms with E-state index in [0.717, 1.165) is 0 Å². The first-order valence-corrected chi connectivity index (χ1v) is 6.37. The second-order valence-corrected chi connectivity index (χ2v) is 5.75. The number of hydrogen-bond donors (Lipinski definition) is 1. The molecular formula is C15H14FNO3. The summed E-state index contributed by atoms with van der Waals surface area (Å²) in [7, 11) is 0. The van der Waals surface area contributed by atoms with Gasteiger partial charge in [-0.05, 0) is 12.1 Å². The average molecular weight is 275 g/mol. The summed E-state index contributed by atoms with van der Waals surface area (Å²) in [5.74, 6) is -0.855. The summed E-state index contributed by atoms with van der Waals surface area (Å²) in [6.07, 6.45) is -0.729. The fourth-order valence-corrected chi connectivity index (χ4v) is 2.55. The third-order valence-electron chi connectivity index (χ3n) is 3.74. The van der Waals surface area contributed by atoms with Crippen molar-refractivity contribution >= 4 is 5.78 Å². The first-order chi connectivity index (χ1) is 9.42. The number of carbonyl (C=O) groups excluding carboxylic acids is 1. The molecule has 3 rings (SSSR count). The van der Waals surface area contributed by atoms with Gasteiger partial charge in [-0.1, -0.05) is 31.1 Å². The summed E-state index contributed by atoms with van der Waals surface area (Å²) < 4.78 is 19.0. The standard InChI is InChI=1S/C15H14FNO3/c1-15(2)7-10-11(12(18)14(15)19)13(20-17-10)8-5-3-4-6-9(8)16/h3-6,14,19H,7H2,1-2H3. The SMILES string of the molecule is CC1(C)Cc2noc(-c3ccccc3F)c2C(=O)C1O. The normalized spacial score (nSPS) is 20.8. The molecule has 1 N–H and O–H groups in total. The van der Waals surface area contributed by atoms with E-state index in [2.05, 4.69) is 5.16 Å². The van der Waals surface area contributed by atoms with Crippen molar-refractivity contribution in [3.63, 3.8) is 0 Å². The highest BCUT2D eigenvalue weighted by Crippen LogP contribution is 2.39. The summed E-state index contributed by atoms with van der Waals surface area (Å²) in [6.45, 7) is 3.58. The van der Waals surface area contributed by atoms with E-state index in [-0.39, 0.29) is 16.9 Å². The van der Waals surface area contributed by atoms with Crippen LogP contribution in [0.15, 0.2) is 28.8 Å². The maximum atomic E-state index is 13.8. The largest absolute Gasteiger partial charge is 0.384 e. The lowest BCUT2D eigenvalue weighted by molar-refractivity contribution is 0.0335. The highest BCUT2D eigenvalue weighted by atomic mass is 19.1. The summed E-state index contributed by atoms with van der Waals surface area (Å²) >= 11 is 0. The molecule has 1 aliphatic carbocycles. The van der Waals surface area contributed by atoms with Crippen molar-refractivity contribution in [2.45, 2.75) is 26.4 Å². The summed E-state index contributed by atoms with van der Waals surface area (Å²) in [6, 6.07) is 6.02. The fraction of sp³-hybridized carbons (Fsp3) is 0.333. The van der Waals surface area contributed by atoms with Crippen LogP contribution in [0.2, 0.25) is 0 Å². The molecule has 1 unspecified atom stereocenters. The van der Waals surface area contributed by atoms with E-state index in [0.29, 0.717) is 12.1 Å². The molecule has 4 nitrogen and oxygen atoms in total. The molecule has 104 valence electrons. The predicted octanol–water partition coefficient (Wildman–Crippen LogP) is 2.61. The van der Waals surface area contributed by atoms with Crippen molar-refractivity contribution in [1.82, 2.24) is 5.16 Å². The van der Waals surface area contributed by atoms with Gasteiger partial charge in [0.05, 0.1) is 16.8 Å². The van der Waals surface area contributed by atoms with E-state index in [4.69, 9.17) is 4.52 Å². The molecule has 2 aromatic rings. The van der Waals surface area contributed by atoms with Gasteiger partial charge in [0.1, 0.15) is 11.9 Å². The van der Waals surface area contributed by atoms with Crippen LogP contribution in [0, 0.1) is 11.2 Å². The Kier molecular flexibility index (Phi) is 2.76. The average Bonchev–Trinajstić information content (AvgIpc) is 2.79. The molecule has 1 aromatic carbocycles. The van der Waals surface area contributed by atoms with E-state index < -0.39 is 23.1 Å². The van der Waals surface area contributed by atoms with Crippen LogP contribution in [0.5, 0.6) is 0 Å². The third kappa shape index (κ3) is 1.78. The number of halogens is 1. The van der Waals surface area contributed by atoms with Crippen molar-refractivity contribution in [1.29, 1.82) is 0 Å². The molecule has 0 radical (unpaired) electrons. The van der Waals surface area contributed by atoms with Crippen LogP contribution in [0.3, 0.4) is 0 Å². The molecule has 1 atom stereocenters. The van der Waals surface area contributed by atoms with E-state index in [1.807, 2.05) is 0 Å². The Morgan fingerprint density at radius 2 is 2.10 bits per heavy atom. The van der Waals surface area contributed by atoms with E-state index in [1.54, 1.807) is 26.0 Å². The maximum Gasteiger partial charge on any atom is 0.197 e. The molecule has 0 bridgehead atoms. The van der Waals surface area contributed by atoms with Crippen LogP contribution in [-0.4, -0.2) is 22.2 Å². The molecule has 5 heteroatoms. The van der Waals surface area contributed by atoms with Gasteiger partial charge in [-0.25, -0.2) is 4.39 Å². The minimum Gasteiger partial charge on any atom is -0.384 e. The minimum absolute atomic E-state index is 0.0950. The Labute approximate surface area is 115 Å². The van der Waals surface area contributed by atoms with Crippen molar-refractivity contribution in [3.05, 3.63) is 41.3 Å². The van der Waals surface area contributed by atoms with Gasteiger partial charge in [0.2, 0.25) is 0 Å². The van der Waals surface area contributed by atoms with Crippen LogP contribution in [0.1, 0.15) is 29.9 Å². The van der Waals surface area contributed by atoms with Crippen LogP contribution >= 0.6 is 0 Å². The first-order valence-electron chi connectivity index (χ1n) is 6.37. The lowest BCUT2D eigenvalue weighted by atomic mass is 9.73. The molecule has 0 fully saturated rings. The number of aliphatic hydroxyl groups is 1. The molecular weight excluding hydrogens is 261 g/mol. The van der Waals surface area contributed by atoms with Gasteiger partial charge in [-0.2, -0.15) is 0 Å². The quantitative estimate of drug-likeness (QED) is 0.869. The van der Waals surface area contributed by atoms with E-state index >= 15 is 0 Å². The molecule has 0 saturated carbocycles. The van der Waals surface area contributed by atoms with Gasteiger partial charge in [0, 0.05) is 11.8 Å². The molecule has 0 aliphatic heterocycles. The van der Waals surface area contributed by atoms with Crippen molar-refractivity contribution in [2.24, 2.45) is 5.41 Å². The number of aliphatic hydroxyl groups excluding tert-OH is 1. The zero-order valence-corrected chi connectivity index (χ0v) is 11.2. The number of hydrogen-bond acceptors (Lipinski definition) is 4. The highest BCUT2D eigenvalue weighted by molar-refractivity contribution is 6.06. The Morgan fingerprint density at radius 3 is 2.80 bits per heavy atom. The van der Waals surface area contributed by atoms with Gasteiger partial charge in [-0.15, -0.1) is 0 Å². The molecule has 1 aliphatic rings. The van der Waals surface area contributed by atoms with Gasteiger partial charge < -0.3 is 9.63 Å². The predicted molar refractivity (Wildman–Crippen MR) is 69.7 cm³/mol. The molecule has 0 amide bonds. The lowest BCUT2D eigenvalue weighted by Gasteiger charge is -2.32. The van der Waals surface area contributed by atoms with Gasteiger partial charge >= 0.3 is 0 Å². The van der Waals surface area contributed by atoms with Crippen molar-refractivity contribution < 1.29 is 18.8 Å². The Bertz CT molecular complexity index is 690. The Balaban J connectivity index is 2.18. The third-order valence-corrected chi connectivity index (χ3v) is 3.74. The fourth-order valence-electron chi connectivity index (χ4n) is 2.55. The van der Waals surface area contributed by atoms with E-state index in [1.165, 1.54) is 12.1 Å². The van der Waals surface area contributed by atoms with Crippen LogP contribution < -0.4 is 0 Å². The zero-order valence-electron chi connectivity index (χ0n) is 11.2. The number of ketones is 1. The zero-order chi connectivity index (χ0) is 14.5. The second kappa shape index (κ2) is 4.24. The molecule has 0 spiro atoms. The molecule has 20 heavy (non-hydrogen) atoms. The first kappa shape index (κ1) is 13.0. The smallest absolute Gasteiger partial charge is 0.197 e. The monoisotopic (exact) mass is 275 g/mol. The number of fused-ring (bicyclic) bond motifs is 1. The minimum atomic E-state index is -1.14. The Hall–Kier alpha value is -2.01. The number of Topliss-reactive ketones (excluding diaryl/α,β-unsaturated/α-hetero) is 1. The molecule has 1 aromatic heterocycles. The van der Waals surface area contributed by atoms with Crippen LogP contribution in [0.25, 0.3) is 11.3 Å². The van der Waals surface area contributed by atoms with Gasteiger partial charge in [0.25, 0.3) is 0 Å². The summed E-state index contributed by atoms with van der Waals surface area (Å²) in [5.41, 5.74) is 0.250. The van der Waals surface area contributed by atoms with Gasteiger partial charge in [0.15, 0.2) is 11.5 Å². The summed E-state index contributed by atoms with van der Waals surface area (Å²) in [5, 5.41) is 14.0.